The Bertz CT molecular complexity index is 1040. The highest BCUT2D eigenvalue weighted by atomic mass is 16.4. The van der Waals surface area contributed by atoms with E-state index >= 15 is 0 Å². The van der Waals surface area contributed by atoms with Crippen LogP contribution >= 0.6 is 0 Å². The van der Waals surface area contributed by atoms with Gasteiger partial charge in [0.2, 0.25) is 0 Å². The molecule has 0 atom stereocenters. The lowest BCUT2D eigenvalue weighted by Crippen LogP contribution is -2.24. The Morgan fingerprint density at radius 2 is 1.72 bits per heavy atom. The first-order valence-corrected chi connectivity index (χ1v) is 7.02. The minimum atomic E-state index is -1.55. The van der Waals surface area contributed by atoms with E-state index in [-0.39, 0.29) is 11.1 Å². The van der Waals surface area contributed by atoms with Crippen molar-refractivity contribution in [2.75, 3.05) is 5.73 Å². The Hall–Kier alpha value is -3.88. The molecular formula is C16H12N4O5. The normalized spacial score (nSPS) is 10.6. The maximum atomic E-state index is 12.0. The summed E-state index contributed by atoms with van der Waals surface area (Å²) in [5.41, 5.74) is 4.87. The number of nitrogens with two attached hydrogens (primary N) is 1. The van der Waals surface area contributed by atoms with E-state index in [1.54, 1.807) is 30.6 Å². The van der Waals surface area contributed by atoms with Gasteiger partial charge in [-0.2, -0.15) is 5.10 Å². The number of aromatic carboxylic acids is 2. The Labute approximate surface area is 139 Å². The monoisotopic (exact) mass is 340 g/mol. The molecule has 1 aromatic carbocycles. The van der Waals surface area contributed by atoms with Gasteiger partial charge in [0, 0.05) is 17.3 Å². The molecule has 3 aromatic rings. The maximum Gasteiger partial charge on any atom is 0.342 e. The SMILES string of the molecule is Nc1[nH]c(=O)c(C(=O)O)c(-c2cccc(-c3cn[nH]c3)c2)c1C(=O)O. The Balaban J connectivity index is 2.37. The molecule has 25 heavy (non-hydrogen) atoms. The van der Waals surface area contributed by atoms with E-state index in [1.165, 1.54) is 6.07 Å². The predicted molar refractivity (Wildman–Crippen MR) is 88.4 cm³/mol. The van der Waals surface area contributed by atoms with Crippen molar-refractivity contribution in [1.82, 2.24) is 15.2 Å². The van der Waals surface area contributed by atoms with Gasteiger partial charge in [-0.3, -0.25) is 9.89 Å². The van der Waals surface area contributed by atoms with Gasteiger partial charge < -0.3 is 20.9 Å². The van der Waals surface area contributed by atoms with Crippen LogP contribution in [0.3, 0.4) is 0 Å². The van der Waals surface area contributed by atoms with Gasteiger partial charge in [0.05, 0.1) is 6.20 Å². The van der Waals surface area contributed by atoms with Gasteiger partial charge in [-0.05, 0) is 17.2 Å². The average molecular weight is 340 g/mol. The second-order valence-electron chi connectivity index (χ2n) is 5.17. The number of aromatic nitrogens is 3. The number of hydrogen-bond acceptors (Lipinski definition) is 5. The molecule has 2 heterocycles. The molecule has 0 aliphatic carbocycles. The summed E-state index contributed by atoms with van der Waals surface area (Å²) in [6.45, 7) is 0. The summed E-state index contributed by atoms with van der Waals surface area (Å²) in [5.74, 6) is -3.40. The molecule has 0 amide bonds. The minimum absolute atomic E-state index is 0.242. The van der Waals surface area contributed by atoms with Crippen molar-refractivity contribution in [2.24, 2.45) is 0 Å². The van der Waals surface area contributed by atoms with Crippen LogP contribution in [0.25, 0.3) is 22.3 Å². The van der Waals surface area contributed by atoms with Crippen LogP contribution in [0.5, 0.6) is 0 Å². The molecule has 126 valence electrons. The van der Waals surface area contributed by atoms with Gasteiger partial charge in [0.1, 0.15) is 16.9 Å². The fourth-order valence-corrected chi connectivity index (χ4v) is 2.60. The molecule has 0 saturated heterocycles. The largest absolute Gasteiger partial charge is 0.478 e. The molecule has 0 spiro atoms. The second-order valence-corrected chi connectivity index (χ2v) is 5.17. The van der Waals surface area contributed by atoms with Crippen LogP contribution in [0.2, 0.25) is 0 Å². The van der Waals surface area contributed by atoms with Crippen LogP contribution in [-0.2, 0) is 0 Å². The summed E-state index contributed by atoms with van der Waals surface area (Å²) in [5, 5.41) is 25.3. The van der Waals surface area contributed by atoms with E-state index in [1.807, 2.05) is 0 Å². The van der Waals surface area contributed by atoms with Crippen LogP contribution in [0.4, 0.5) is 5.82 Å². The molecule has 0 saturated carbocycles. The third-order valence-corrected chi connectivity index (χ3v) is 3.66. The van der Waals surface area contributed by atoms with E-state index in [0.717, 1.165) is 0 Å². The number of pyridine rings is 1. The number of H-pyrrole nitrogens is 2. The van der Waals surface area contributed by atoms with E-state index in [2.05, 4.69) is 15.2 Å². The number of carboxylic acids is 2. The molecule has 0 radical (unpaired) electrons. The molecule has 0 bridgehead atoms. The lowest BCUT2D eigenvalue weighted by atomic mass is 9.93. The number of carboxylic acid groups (broad SMARTS) is 2. The van der Waals surface area contributed by atoms with Crippen LogP contribution in [0.15, 0.2) is 41.5 Å². The molecule has 3 rings (SSSR count). The van der Waals surface area contributed by atoms with Crippen molar-refractivity contribution >= 4 is 17.8 Å². The topological polar surface area (TPSA) is 162 Å². The molecule has 2 aromatic heterocycles. The van der Waals surface area contributed by atoms with Crippen molar-refractivity contribution in [1.29, 1.82) is 0 Å². The molecule has 0 unspecified atom stereocenters. The Morgan fingerprint density at radius 3 is 2.32 bits per heavy atom. The summed E-state index contributed by atoms with van der Waals surface area (Å²) in [4.78, 5) is 37.3. The van der Waals surface area contributed by atoms with Crippen LogP contribution in [-0.4, -0.2) is 37.3 Å². The number of aromatic amines is 2. The minimum Gasteiger partial charge on any atom is -0.478 e. The predicted octanol–water partition coefficient (Wildman–Crippen LogP) is 1.41. The molecule has 9 nitrogen and oxygen atoms in total. The maximum absolute atomic E-state index is 12.0. The van der Waals surface area contributed by atoms with Crippen molar-refractivity contribution in [3.8, 4) is 22.3 Å². The van der Waals surface area contributed by atoms with Crippen molar-refractivity contribution in [3.63, 3.8) is 0 Å². The van der Waals surface area contributed by atoms with Gasteiger partial charge in [0.25, 0.3) is 5.56 Å². The number of benzene rings is 1. The highest BCUT2D eigenvalue weighted by molar-refractivity contribution is 6.07. The highest BCUT2D eigenvalue weighted by Gasteiger charge is 2.26. The average Bonchev–Trinajstić information content (AvgIpc) is 3.07. The first-order chi connectivity index (χ1) is 11.9. The molecular weight excluding hydrogens is 328 g/mol. The van der Waals surface area contributed by atoms with Gasteiger partial charge in [0.15, 0.2) is 0 Å². The smallest absolute Gasteiger partial charge is 0.342 e. The number of carbonyl (C=O) groups is 2. The van der Waals surface area contributed by atoms with Gasteiger partial charge in [-0.1, -0.05) is 18.2 Å². The quantitative estimate of drug-likeness (QED) is 0.479. The Morgan fingerprint density at radius 1 is 1.04 bits per heavy atom. The van der Waals surface area contributed by atoms with Crippen LogP contribution in [0.1, 0.15) is 20.7 Å². The van der Waals surface area contributed by atoms with E-state index in [4.69, 9.17) is 5.73 Å². The number of hydrogen-bond donors (Lipinski definition) is 5. The standard InChI is InChI=1S/C16H12N4O5/c17-13-11(15(22)23)10(12(16(24)25)14(21)20-13)8-3-1-2-7(4-8)9-5-18-19-6-9/h1-6H,(H,18,19)(H,22,23)(H,24,25)(H3,17,20,21). The lowest BCUT2D eigenvalue weighted by Gasteiger charge is -2.12. The first kappa shape index (κ1) is 16.0. The Kier molecular flexibility index (Phi) is 3.82. The third-order valence-electron chi connectivity index (χ3n) is 3.66. The third kappa shape index (κ3) is 2.74. The second kappa shape index (κ2) is 5.96. The lowest BCUT2D eigenvalue weighted by molar-refractivity contribution is 0.0695. The molecule has 0 aliphatic heterocycles. The number of nitrogen functional groups attached to an aromatic ring is 1. The van der Waals surface area contributed by atoms with Crippen LogP contribution in [0, 0.1) is 0 Å². The fourth-order valence-electron chi connectivity index (χ4n) is 2.60. The summed E-state index contributed by atoms with van der Waals surface area (Å²) in [6.07, 6.45) is 3.18. The van der Waals surface area contributed by atoms with Crippen molar-refractivity contribution < 1.29 is 19.8 Å². The zero-order valence-electron chi connectivity index (χ0n) is 12.6. The van der Waals surface area contributed by atoms with Gasteiger partial charge >= 0.3 is 11.9 Å². The molecule has 0 fully saturated rings. The van der Waals surface area contributed by atoms with Crippen molar-refractivity contribution in [3.05, 3.63) is 58.1 Å². The fraction of sp³-hybridized carbons (Fsp3) is 0. The zero-order chi connectivity index (χ0) is 18.1. The van der Waals surface area contributed by atoms with Gasteiger partial charge in [-0.15, -0.1) is 0 Å². The van der Waals surface area contributed by atoms with Crippen LogP contribution < -0.4 is 11.3 Å². The van der Waals surface area contributed by atoms with E-state index in [9.17, 15) is 24.6 Å². The number of rotatable bonds is 4. The summed E-state index contributed by atoms with van der Waals surface area (Å²) in [7, 11) is 0. The summed E-state index contributed by atoms with van der Waals surface area (Å²) < 4.78 is 0. The number of anilines is 1. The molecule has 0 aliphatic rings. The van der Waals surface area contributed by atoms with Gasteiger partial charge in [-0.25, -0.2) is 9.59 Å². The zero-order valence-corrected chi connectivity index (χ0v) is 12.6. The molecule has 6 N–H and O–H groups in total. The molecule has 9 heteroatoms. The van der Waals surface area contributed by atoms with Crippen molar-refractivity contribution in [2.45, 2.75) is 0 Å². The number of nitrogens with one attached hydrogen (secondary N) is 2. The first-order valence-electron chi connectivity index (χ1n) is 7.02. The summed E-state index contributed by atoms with van der Waals surface area (Å²) >= 11 is 0. The number of nitrogens with zero attached hydrogens (tertiary/aromatic N) is 1. The van der Waals surface area contributed by atoms with E-state index in [0.29, 0.717) is 11.1 Å². The van der Waals surface area contributed by atoms with E-state index < -0.39 is 34.4 Å². The highest BCUT2D eigenvalue weighted by Crippen LogP contribution is 2.31. The summed E-state index contributed by atoms with van der Waals surface area (Å²) in [6, 6.07) is 6.44.